The van der Waals surface area contributed by atoms with Gasteiger partial charge in [0.15, 0.2) is 5.13 Å². The van der Waals surface area contributed by atoms with Crippen LogP contribution in [0.15, 0.2) is 18.2 Å². The van der Waals surface area contributed by atoms with Crippen molar-refractivity contribution < 1.29 is 9.59 Å². The van der Waals surface area contributed by atoms with Crippen LogP contribution in [0.2, 0.25) is 0 Å². The van der Waals surface area contributed by atoms with Gasteiger partial charge in [-0.05, 0) is 62.1 Å². The maximum absolute atomic E-state index is 13.1. The Labute approximate surface area is 187 Å². The molecule has 0 radical (unpaired) electrons. The van der Waals surface area contributed by atoms with Crippen molar-refractivity contribution >= 4 is 34.0 Å². The molecule has 164 valence electrons. The van der Waals surface area contributed by atoms with Crippen molar-refractivity contribution in [3.8, 4) is 0 Å². The summed E-state index contributed by atoms with van der Waals surface area (Å²) < 4.78 is 0. The maximum atomic E-state index is 13.1. The fourth-order valence-electron chi connectivity index (χ4n) is 5.07. The zero-order valence-corrected chi connectivity index (χ0v) is 19.0. The lowest BCUT2D eigenvalue weighted by atomic mass is 9.88. The molecule has 7 heteroatoms. The number of nitrogens with one attached hydrogen (secondary N) is 1. The summed E-state index contributed by atoms with van der Waals surface area (Å²) in [6, 6.07) is 6.33. The number of aromatic nitrogens is 1. The number of rotatable bonds is 3. The molecule has 1 N–H and O–H groups in total. The maximum Gasteiger partial charge on any atom is 0.227 e. The first-order valence-electron chi connectivity index (χ1n) is 11.5. The smallest absolute Gasteiger partial charge is 0.227 e. The number of hydrogen-bond acceptors (Lipinski definition) is 5. The molecule has 1 atom stereocenters. The Bertz CT molecular complexity index is 993. The molecule has 2 heterocycles. The Morgan fingerprint density at radius 1 is 1.10 bits per heavy atom. The van der Waals surface area contributed by atoms with Crippen LogP contribution < -0.4 is 10.2 Å². The highest BCUT2D eigenvalue weighted by molar-refractivity contribution is 7.15. The molecule has 0 spiro atoms. The molecule has 1 aliphatic heterocycles. The summed E-state index contributed by atoms with van der Waals surface area (Å²) in [5, 5.41) is 4.30. The average Bonchev–Trinajstić information content (AvgIpc) is 3.23. The molecule has 1 aromatic carbocycles. The van der Waals surface area contributed by atoms with Crippen LogP contribution >= 0.6 is 11.3 Å². The van der Waals surface area contributed by atoms with Gasteiger partial charge in [-0.3, -0.25) is 9.59 Å². The predicted octanol–water partition coefficient (Wildman–Crippen LogP) is 3.43. The van der Waals surface area contributed by atoms with Crippen molar-refractivity contribution in [3.63, 3.8) is 0 Å². The molecular weight excluding hydrogens is 408 g/mol. The molecule has 31 heavy (non-hydrogen) atoms. The third-order valence-electron chi connectivity index (χ3n) is 6.95. The van der Waals surface area contributed by atoms with Gasteiger partial charge < -0.3 is 15.1 Å². The number of thiazole rings is 1. The summed E-state index contributed by atoms with van der Waals surface area (Å²) in [7, 11) is 0. The van der Waals surface area contributed by atoms with E-state index in [-0.39, 0.29) is 17.7 Å². The van der Waals surface area contributed by atoms with E-state index >= 15 is 0 Å². The summed E-state index contributed by atoms with van der Waals surface area (Å²) in [5.74, 6) is 0.302. The summed E-state index contributed by atoms with van der Waals surface area (Å²) in [6.45, 7) is 4.80. The molecule has 5 rings (SSSR count). The molecule has 6 nitrogen and oxygen atoms in total. The van der Waals surface area contributed by atoms with E-state index in [1.54, 1.807) is 18.3 Å². The van der Waals surface area contributed by atoms with E-state index in [2.05, 4.69) is 28.4 Å². The molecule has 1 fully saturated rings. The highest BCUT2D eigenvalue weighted by Crippen LogP contribution is 2.35. The molecule has 2 aliphatic carbocycles. The Hall–Kier alpha value is -2.41. The zero-order chi connectivity index (χ0) is 21.4. The van der Waals surface area contributed by atoms with Gasteiger partial charge in [0, 0.05) is 49.6 Å². The van der Waals surface area contributed by atoms with E-state index in [1.807, 2.05) is 4.90 Å². The fourth-order valence-corrected chi connectivity index (χ4v) is 6.30. The second kappa shape index (κ2) is 8.61. The second-order valence-electron chi connectivity index (χ2n) is 8.94. The normalized spacial score (nSPS) is 20.7. The molecule has 0 saturated carbocycles. The Kier molecular flexibility index (Phi) is 5.69. The average molecular weight is 439 g/mol. The van der Waals surface area contributed by atoms with E-state index in [0.717, 1.165) is 74.8 Å². The molecule has 0 unspecified atom stereocenters. The van der Waals surface area contributed by atoms with E-state index in [1.165, 1.54) is 28.8 Å². The van der Waals surface area contributed by atoms with E-state index in [4.69, 9.17) is 4.98 Å². The molecule has 2 amide bonds. The third-order valence-corrected chi connectivity index (χ3v) is 8.13. The first kappa shape index (κ1) is 20.5. The predicted molar refractivity (Wildman–Crippen MR) is 124 cm³/mol. The molecule has 1 aromatic heterocycles. The van der Waals surface area contributed by atoms with Crippen LogP contribution in [0.1, 0.15) is 47.9 Å². The van der Waals surface area contributed by atoms with Crippen LogP contribution in [0.4, 0.5) is 10.8 Å². The van der Waals surface area contributed by atoms with Crippen LogP contribution in [-0.2, 0) is 35.3 Å². The van der Waals surface area contributed by atoms with Crippen LogP contribution in [0.25, 0.3) is 0 Å². The van der Waals surface area contributed by atoms with Gasteiger partial charge in [0.25, 0.3) is 0 Å². The van der Waals surface area contributed by atoms with Gasteiger partial charge in [-0.2, -0.15) is 0 Å². The number of piperazine rings is 1. The highest BCUT2D eigenvalue weighted by atomic mass is 32.1. The highest BCUT2D eigenvalue weighted by Gasteiger charge is 2.30. The van der Waals surface area contributed by atoms with Gasteiger partial charge in [0.2, 0.25) is 11.8 Å². The number of anilines is 2. The quantitative estimate of drug-likeness (QED) is 0.797. The number of fused-ring (bicyclic) bond motifs is 2. The van der Waals surface area contributed by atoms with Crippen molar-refractivity contribution in [2.45, 2.75) is 51.9 Å². The van der Waals surface area contributed by atoms with Crippen LogP contribution in [0, 0.1) is 5.92 Å². The monoisotopic (exact) mass is 438 g/mol. The second-order valence-corrected chi connectivity index (χ2v) is 10.0. The van der Waals surface area contributed by atoms with Gasteiger partial charge in [0.1, 0.15) is 0 Å². The summed E-state index contributed by atoms with van der Waals surface area (Å²) in [5.41, 5.74) is 4.91. The number of nitrogens with zero attached hydrogens (tertiary/aromatic N) is 3. The summed E-state index contributed by atoms with van der Waals surface area (Å²) in [6.07, 6.45) is 7.14. The standard InChI is InChI=1S/C24H30N4O2S/c1-16(29)27-11-13-28(14-12-27)24-26-21-10-9-18(15-22(21)31-24)23(30)25-20-8-4-6-17-5-2-3-7-19(17)20/h4,6,8,18H,2-3,5,7,9-15H2,1H3,(H,25,30)/t18-/m0/s1. The Morgan fingerprint density at radius 3 is 2.71 bits per heavy atom. The summed E-state index contributed by atoms with van der Waals surface area (Å²) >= 11 is 1.73. The number of aryl methyl sites for hydroxylation is 2. The van der Waals surface area contributed by atoms with Crippen molar-refractivity contribution in [3.05, 3.63) is 39.9 Å². The molecule has 2 aromatic rings. The van der Waals surface area contributed by atoms with Gasteiger partial charge in [-0.25, -0.2) is 4.98 Å². The van der Waals surface area contributed by atoms with E-state index in [0.29, 0.717) is 0 Å². The SMILES string of the molecule is CC(=O)N1CCN(c2nc3c(s2)C[C@@H](C(=O)Nc2cccc4c2CCCC4)CC3)CC1. The Morgan fingerprint density at radius 2 is 1.90 bits per heavy atom. The number of hydrogen-bond donors (Lipinski definition) is 1. The van der Waals surface area contributed by atoms with Crippen LogP contribution in [-0.4, -0.2) is 47.9 Å². The first-order chi connectivity index (χ1) is 15.1. The lowest BCUT2D eigenvalue weighted by Crippen LogP contribution is -2.48. The largest absolute Gasteiger partial charge is 0.345 e. The van der Waals surface area contributed by atoms with Crippen LogP contribution in [0.5, 0.6) is 0 Å². The van der Waals surface area contributed by atoms with Gasteiger partial charge in [-0.15, -0.1) is 11.3 Å². The Balaban J connectivity index is 1.24. The number of carbonyl (C=O) groups is 2. The number of benzene rings is 1. The van der Waals surface area contributed by atoms with Crippen molar-refractivity contribution in [1.82, 2.24) is 9.88 Å². The summed E-state index contributed by atoms with van der Waals surface area (Å²) in [4.78, 5) is 35.0. The lowest BCUT2D eigenvalue weighted by molar-refractivity contribution is -0.129. The minimum Gasteiger partial charge on any atom is -0.345 e. The molecule has 3 aliphatic rings. The zero-order valence-electron chi connectivity index (χ0n) is 18.2. The van der Waals surface area contributed by atoms with Crippen molar-refractivity contribution in [2.24, 2.45) is 5.92 Å². The molecular formula is C24H30N4O2S. The molecule has 1 saturated heterocycles. The minimum absolute atomic E-state index is 0.00908. The van der Waals surface area contributed by atoms with Crippen molar-refractivity contribution in [2.75, 3.05) is 36.4 Å². The van der Waals surface area contributed by atoms with Crippen LogP contribution in [0.3, 0.4) is 0 Å². The van der Waals surface area contributed by atoms with Gasteiger partial charge in [-0.1, -0.05) is 12.1 Å². The van der Waals surface area contributed by atoms with E-state index in [9.17, 15) is 9.59 Å². The fraction of sp³-hybridized carbons (Fsp3) is 0.542. The lowest BCUT2D eigenvalue weighted by Gasteiger charge is -2.33. The van der Waals surface area contributed by atoms with Crippen molar-refractivity contribution in [1.29, 1.82) is 0 Å². The first-order valence-corrected chi connectivity index (χ1v) is 12.3. The van der Waals surface area contributed by atoms with Gasteiger partial charge >= 0.3 is 0 Å². The third kappa shape index (κ3) is 4.20. The van der Waals surface area contributed by atoms with E-state index < -0.39 is 0 Å². The number of carbonyl (C=O) groups excluding carboxylic acids is 2. The topological polar surface area (TPSA) is 65.5 Å². The number of amides is 2. The van der Waals surface area contributed by atoms with Gasteiger partial charge in [0.05, 0.1) is 5.69 Å². The minimum atomic E-state index is 0.00908. The molecule has 0 bridgehead atoms.